The molecule has 0 bridgehead atoms. The Bertz CT molecular complexity index is 4160. The predicted octanol–water partition coefficient (Wildman–Crippen LogP) is 9.94. The molecule has 0 aliphatic carbocycles. The average molecular weight is 1260 g/mol. The SMILES string of the molecule is C=CC(=C)NCCCCn1ccc2c(C(=O)NCc3c(CCC)cc(C)[nH]c3=O)cc(-c3ccc(N4CCN(C)CC4)nc3)cc21.CCCc1cc(C)[nH]c(=O)c1CCC(=O)c1cc(-c2ccc(N3CCN(C)CC3)nc2)cc2c1ccn2CCCN1C(=O)C=CC1=O. The van der Waals surface area contributed by atoms with E-state index in [0.717, 1.165) is 188 Å². The molecule has 4 N–H and O–H groups in total. The second-order valence-electron chi connectivity index (χ2n) is 24.9. The molecular weight excluding hydrogens is 1170 g/mol. The fourth-order valence-corrected chi connectivity index (χ4v) is 12.7. The molecule has 0 spiro atoms. The first kappa shape index (κ1) is 66.5. The molecule has 2 fully saturated rings. The van der Waals surface area contributed by atoms with Gasteiger partial charge in [-0.1, -0.05) is 39.8 Å². The molecule has 0 atom stereocenters. The van der Waals surface area contributed by atoms with Crippen LogP contribution in [-0.2, 0) is 48.5 Å². The van der Waals surface area contributed by atoms with E-state index in [4.69, 9.17) is 9.97 Å². The van der Waals surface area contributed by atoms with E-state index in [1.165, 1.54) is 17.1 Å². The Kier molecular flexibility index (Phi) is 22.0. The molecule has 486 valence electrons. The monoisotopic (exact) mass is 1260 g/mol. The van der Waals surface area contributed by atoms with Crippen molar-refractivity contribution in [3.8, 4) is 22.3 Å². The third kappa shape index (κ3) is 16.2. The van der Waals surface area contributed by atoms with E-state index in [1.54, 1.807) is 6.08 Å². The second-order valence-corrected chi connectivity index (χ2v) is 24.9. The van der Waals surface area contributed by atoms with Gasteiger partial charge in [0.25, 0.3) is 28.8 Å². The lowest BCUT2D eigenvalue weighted by Gasteiger charge is -2.33. The summed E-state index contributed by atoms with van der Waals surface area (Å²) >= 11 is 0. The zero-order chi connectivity index (χ0) is 65.7. The van der Waals surface area contributed by atoms with Crippen molar-refractivity contribution in [2.75, 3.05) is 89.3 Å². The number of hydrogen-bond donors (Lipinski definition) is 4. The molecule has 19 nitrogen and oxygen atoms in total. The number of likely N-dealkylation sites (N-methyl/N-ethyl adjacent to an activating group) is 2. The van der Waals surface area contributed by atoms with Crippen molar-refractivity contribution in [1.82, 2.24) is 54.4 Å². The molecule has 0 radical (unpaired) electrons. The number of hydrogen-bond acceptors (Lipinski definition) is 13. The Balaban J connectivity index is 0.000000203. The van der Waals surface area contributed by atoms with Gasteiger partial charge in [0, 0.05) is 201 Å². The number of nitrogens with one attached hydrogen (secondary N) is 4. The van der Waals surface area contributed by atoms with E-state index in [-0.39, 0.29) is 47.6 Å². The van der Waals surface area contributed by atoms with Gasteiger partial charge in [0.05, 0.1) is 0 Å². The number of carbonyl (C=O) groups excluding carboxylic acids is 4. The number of fused-ring (bicyclic) bond motifs is 2. The number of nitrogens with zero attached hydrogens (tertiary/aromatic N) is 9. The lowest BCUT2D eigenvalue weighted by atomic mass is 9.94. The number of rotatable bonds is 26. The maximum Gasteiger partial charge on any atom is 0.253 e. The Labute approximate surface area is 544 Å². The fraction of sp³-hybridized carbons (Fsp3) is 0.378. The van der Waals surface area contributed by atoms with Crippen molar-refractivity contribution in [2.45, 2.75) is 105 Å². The number of benzene rings is 2. The van der Waals surface area contributed by atoms with Gasteiger partial charge in [-0.3, -0.25) is 33.7 Å². The maximum atomic E-state index is 14.0. The van der Waals surface area contributed by atoms with Crippen LogP contribution < -0.4 is 31.6 Å². The van der Waals surface area contributed by atoms with Gasteiger partial charge < -0.3 is 49.3 Å². The summed E-state index contributed by atoms with van der Waals surface area (Å²) < 4.78 is 4.29. The van der Waals surface area contributed by atoms with E-state index in [2.05, 4.69) is 127 Å². The number of anilines is 2. The third-order valence-electron chi connectivity index (χ3n) is 18.0. The first-order chi connectivity index (χ1) is 45.0. The van der Waals surface area contributed by atoms with Gasteiger partial charge in [-0.15, -0.1) is 0 Å². The van der Waals surface area contributed by atoms with Crippen LogP contribution in [0.25, 0.3) is 44.1 Å². The maximum absolute atomic E-state index is 14.0. The van der Waals surface area contributed by atoms with Crippen LogP contribution in [0.1, 0.15) is 107 Å². The number of unbranched alkanes of at least 4 members (excludes halogenated alkanes) is 1. The number of imide groups is 1. The molecule has 8 aromatic rings. The van der Waals surface area contributed by atoms with Crippen molar-refractivity contribution in [1.29, 1.82) is 0 Å². The molecule has 2 aromatic carbocycles. The Hall–Kier alpha value is -9.46. The Morgan fingerprint density at radius 3 is 1.60 bits per heavy atom. The van der Waals surface area contributed by atoms with Crippen LogP contribution in [0.15, 0.2) is 144 Å². The van der Waals surface area contributed by atoms with Crippen molar-refractivity contribution in [3.05, 3.63) is 200 Å². The van der Waals surface area contributed by atoms with Crippen molar-refractivity contribution in [3.63, 3.8) is 0 Å². The number of carbonyl (C=O) groups is 4. The number of aromatic nitrogens is 6. The summed E-state index contributed by atoms with van der Waals surface area (Å²) in [6, 6.07) is 24.4. The summed E-state index contributed by atoms with van der Waals surface area (Å²) in [5, 5.41) is 8.05. The molecule has 2 saturated heterocycles. The molecule has 9 heterocycles. The highest BCUT2D eigenvalue weighted by Crippen LogP contribution is 2.33. The Morgan fingerprint density at radius 1 is 0.581 bits per heavy atom. The Morgan fingerprint density at radius 2 is 1.09 bits per heavy atom. The molecule has 0 saturated carbocycles. The van der Waals surface area contributed by atoms with Gasteiger partial charge in [0.1, 0.15) is 11.6 Å². The second kappa shape index (κ2) is 30.8. The van der Waals surface area contributed by atoms with Gasteiger partial charge in [0.2, 0.25) is 0 Å². The normalized spacial score (nSPS) is 14.5. The molecular formula is C74H89N13O6. The van der Waals surface area contributed by atoms with Crippen LogP contribution in [0, 0.1) is 13.8 Å². The topological polar surface area (TPSA) is 210 Å². The van der Waals surface area contributed by atoms with Crippen LogP contribution >= 0.6 is 0 Å². The summed E-state index contributed by atoms with van der Waals surface area (Å²) in [4.78, 5) is 104. The number of ketones is 1. The molecule has 6 aromatic heterocycles. The van der Waals surface area contributed by atoms with Crippen molar-refractivity contribution < 1.29 is 19.2 Å². The molecule has 11 rings (SSSR count). The molecule has 19 heteroatoms. The van der Waals surface area contributed by atoms with E-state index in [9.17, 15) is 28.8 Å². The number of amides is 3. The van der Waals surface area contributed by atoms with Gasteiger partial charge >= 0.3 is 0 Å². The highest BCUT2D eigenvalue weighted by molar-refractivity contribution is 6.13. The van der Waals surface area contributed by atoms with Gasteiger partial charge in [0.15, 0.2) is 5.78 Å². The molecule has 93 heavy (non-hydrogen) atoms. The third-order valence-corrected chi connectivity index (χ3v) is 18.0. The first-order valence-corrected chi connectivity index (χ1v) is 32.9. The lowest BCUT2D eigenvalue weighted by molar-refractivity contribution is -0.136. The number of piperazine rings is 2. The van der Waals surface area contributed by atoms with E-state index < -0.39 is 0 Å². The van der Waals surface area contributed by atoms with Gasteiger partial charge in [-0.25, -0.2) is 9.97 Å². The molecule has 3 amide bonds. The standard InChI is InChI=1S/C37H47N7O2.C37H42N6O4/c1-6-10-28-21-27(4)41-37(46)33(28)25-40-36(45)32-22-30(29-11-12-35(39-24-29)44-19-17-42(5)18-20-44)23-34-31(32)13-16-43(34)15-9-8-14-38-26(3)7-2;1-4-6-26-21-25(2)39-37(47)29(26)8-9-33(44)31-22-28(27-7-10-34(38-24-27)42-19-17-40(3)18-20-42)23-32-30(31)13-16-41(32)14-5-15-43-35(45)11-12-36(43)46/h7,11-13,16,21-24,38H,2-3,6,8-10,14-15,17-20,25H2,1,4-5H3,(H,40,45)(H,41,46);7,10-13,16,21-24H,4-6,8-9,14-15,17-20H2,1-3H3,(H,39,47). The summed E-state index contributed by atoms with van der Waals surface area (Å²) in [5.74, 6) is 1.10. The number of aryl methyl sites for hydroxylation is 6. The van der Waals surface area contributed by atoms with Crippen molar-refractivity contribution in [2.24, 2.45) is 0 Å². The van der Waals surface area contributed by atoms with Crippen LogP contribution in [0.5, 0.6) is 0 Å². The minimum atomic E-state index is -0.287. The first-order valence-electron chi connectivity index (χ1n) is 32.9. The molecule has 3 aliphatic rings. The highest BCUT2D eigenvalue weighted by Gasteiger charge is 2.25. The van der Waals surface area contributed by atoms with E-state index >= 15 is 0 Å². The summed E-state index contributed by atoms with van der Waals surface area (Å²) in [6.07, 6.45) is 18.6. The average Bonchev–Trinajstić information content (AvgIpc) is 1.71. The molecule has 3 aliphatic heterocycles. The quantitative estimate of drug-likeness (QED) is 0.0172. The summed E-state index contributed by atoms with van der Waals surface area (Å²) in [6.45, 7) is 26.1. The van der Waals surface area contributed by atoms with E-state index in [1.807, 2.05) is 74.9 Å². The smallest absolute Gasteiger partial charge is 0.253 e. The number of pyridine rings is 4. The van der Waals surface area contributed by atoms with Crippen LogP contribution in [0.3, 0.4) is 0 Å². The number of aromatic amines is 2. The van der Waals surface area contributed by atoms with E-state index in [0.29, 0.717) is 48.2 Å². The summed E-state index contributed by atoms with van der Waals surface area (Å²) in [7, 11) is 4.28. The number of H-pyrrole nitrogens is 2. The van der Waals surface area contributed by atoms with Gasteiger partial charge in [-0.2, -0.15) is 0 Å². The number of Topliss-reactive ketones (excluding diaryl/α,β-unsaturated/α-hetero) is 1. The molecule has 0 unspecified atom stereocenters. The van der Waals surface area contributed by atoms with Crippen LogP contribution in [0.2, 0.25) is 0 Å². The zero-order valence-corrected chi connectivity index (χ0v) is 54.9. The van der Waals surface area contributed by atoms with Gasteiger partial charge in [-0.05, 0) is 168 Å². The minimum absolute atomic E-state index is 0.0293. The van der Waals surface area contributed by atoms with Crippen LogP contribution in [0.4, 0.5) is 11.6 Å². The van der Waals surface area contributed by atoms with Crippen molar-refractivity contribution >= 4 is 56.9 Å². The van der Waals surface area contributed by atoms with Crippen LogP contribution in [-0.4, -0.2) is 147 Å². The zero-order valence-electron chi connectivity index (χ0n) is 54.9. The summed E-state index contributed by atoms with van der Waals surface area (Å²) in [5.41, 5.74) is 12.2. The fourth-order valence-electron chi connectivity index (χ4n) is 12.7. The lowest BCUT2D eigenvalue weighted by Crippen LogP contribution is -2.44. The highest BCUT2D eigenvalue weighted by atomic mass is 16.2. The largest absolute Gasteiger partial charge is 0.386 e. The minimum Gasteiger partial charge on any atom is -0.386 e. The predicted molar refractivity (Wildman–Crippen MR) is 372 cm³/mol. The number of allylic oxidation sites excluding steroid dienone is 1.